The van der Waals surface area contributed by atoms with E-state index in [1.807, 2.05) is 32.1 Å². The van der Waals surface area contributed by atoms with Crippen molar-refractivity contribution in [2.75, 3.05) is 19.1 Å². The number of benzene rings is 2. The molecule has 0 amide bonds. The topological polar surface area (TPSA) is 32.3 Å². The van der Waals surface area contributed by atoms with E-state index in [1.54, 1.807) is 0 Å². The van der Waals surface area contributed by atoms with Gasteiger partial charge in [0, 0.05) is 14.1 Å². The Morgan fingerprint density at radius 1 is 1.12 bits per heavy atom. The summed E-state index contributed by atoms with van der Waals surface area (Å²) < 4.78 is 0. The number of carbonyl (C=O) groups is 1. The van der Waals surface area contributed by atoms with Crippen LogP contribution in [0.2, 0.25) is 0 Å². The largest absolute Gasteiger partial charge is 0.311 e. The van der Waals surface area contributed by atoms with E-state index >= 15 is 0 Å². The highest BCUT2D eigenvalue weighted by atomic mass is 16.1. The van der Waals surface area contributed by atoms with Gasteiger partial charge >= 0.3 is 0 Å². The van der Waals surface area contributed by atoms with Crippen LogP contribution in [0.4, 0.5) is 5.69 Å². The van der Waals surface area contributed by atoms with E-state index in [0.717, 1.165) is 35.1 Å². The lowest BCUT2D eigenvalue weighted by atomic mass is 9.97. The van der Waals surface area contributed by atoms with Crippen LogP contribution in [-0.4, -0.2) is 20.4 Å². The molecule has 2 aromatic carbocycles. The number of hydrogen-bond acceptors (Lipinski definition) is 3. The Morgan fingerprint density at radius 2 is 1.76 bits per heavy atom. The average Bonchev–Trinajstić information content (AvgIpc) is 2.65. The summed E-state index contributed by atoms with van der Waals surface area (Å²) >= 11 is 0. The van der Waals surface area contributed by atoms with Gasteiger partial charge in [0.25, 0.3) is 0 Å². The van der Waals surface area contributed by atoms with E-state index in [-0.39, 0.29) is 0 Å². The quantitative estimate of drug-likeness (QED) is 0.437. The Morgan fingerprint density at radius 3 is 2.28 bits per heavy atom. The van der Waals surface area contributed by atoms with Gasteiger partial charge in [0.15, 0.2) is 0 Å². The van der Waals surface area contributed by atoms with Crippen LogP contribution in [0, 0.1) is 0 Å². The van der Waals surface area contributed by atoms with Gasteiger partial charge in [-0.15, -0.1) is 0 Å². The van der Waals surface area contributed by atoms with Crippen molar-refractivity contribution in [3.05, 3.63) is 59.2 Å². The zero-order chi connectivity index (χ0) is 18.4. The molecule has 0 aromatic heterocycles. The molecule has 1 N–H and O–H groups in total. The number of nitrogens with one attached hydrogen (secondary N) is 1. The molecule has 25 heavy (non-hydrogen) atoms. The smallest absolute Gasteiger partial charge is 0.146 e. The Kier molecular flexibility index (Phi) is 6.54. The Balaban J connectivity index is 2.48. The molecular formula is C22H28N2O. The number of hydrogen-bond donors (Lipinski definition) is 1. The van der Waals surface area contributed by atoms with Gasteiger partial charge in [0.1, 0.15) is 6.29 Å². The third-order valence-electron chi connectivity index (χ3n) is 4.54. The fourth-order valence-electron chi connectivity index (χ4n) is 2.74. The van der Waals surface area contributed by atoms with Gasteiger partial charge in [-0.2, -0.15) is 0 Å². The zero-order valence-corrected chi connectivity index (χ0v) is 15.8. The van der Waals surface area contributed by atoms with Crippen LogP contribution in [0.15, 0.2) is 48.0 Å². The molecule has 0 heterocycles. The molecule has 0 fully saturated rings. The second-order valence-corrected chi connectivity index (χ2v) is 6.52. The fraction of sp³-hybridized carbons (Fsp3) is 0.318. The lowest BCUT2D eigenvalue weighted by Crippen LogP contribution is -2.30. The van der Waals surface area contributed by atoms with Crippen LogP contribution in [0.25, 0.3) is 17.2 Å². The second-order valence-electron chi connectivity index (χ2n) is 6.52. The first-order chi connectivity index (χ1) is 12.0. The van der Waals surface area contributed by atoms with E-state index in [9.17, 15) is 4.79 Å². The van der Waals surface area contributed by atoms with E-state index in [4.69, 9.17) is 0 Å². The normalized spacial score (nSPS) is 11.7. The Hall–Kier alpha value is -2.39. The highest BCUT2D eigenvalue weighted by Gasteiger charge is 2.09. The van der Waals surface area contributed by atoms with Crippen molar-refractivity contribution >= 4 is 18.0 Å². The summed E-state index contributed by atoms with van der Waals surface area (Å²) in [4.78, 5) is 11.2. The summed E-state index contributed by atoms with van der Waals surface area (Å²) in [6, 6.07) is 15.1. The Labute approximate surface area is 151 Å². The number of carbonyl (C=O) groups excluding carboxylic acids is 1. The molecule has 0 spiro atoms. The zero-order valence-electron chi connectivity index (χ0n) is 15.8. The minimum Gasteiger partial charge on any atom is -0.311 e. The van der Waals surface area contributed by atoms with Crippen molar-refractivity contribution in [1.82, 2.24) is 5.43 Å². The average molecular weight is 336 g/mol. The molecule has 0 aliphatic rings. The molecule has 0 saturated heterocycles. The first-order valence-corrected chi connectivity index (χ1v) is 8.81. The maximum absolute atomic E-state index is 11.2. The van der Waals surface area contributed by atoms with Crippen molar-refractivity contribution in [2.45, 2.75) is 33.1 Å². The molecule has 0 saturated carbocycles. The molecule has 0 bridgehead atoms. The van der Waals surface area contributed by atoms with Crippen molar-refractivity contribution in [2.24, 2.45) is 0 Å². The number of anilines is 1. The van der Waals surface area contributed by atoms with E-state index in [0.29, 0.717) is 5.92 Å². The van der Waals surface area contributed by atoms with Gasteiger partial charge in [-0.3, -0.25) is 4.79 Å². The monoisotopic (exact) mass is 336 g/mol. The number of allylic oxidation sites excluding steroid dienone is 1. The van der Waals surface area contributed by atoms with E-state index in [1.165, 1.54) is 11.1 Å². The lowest BCUT2D eigenvalue weighted by Gasteiger charge is -2.21. The first kappa shape index (κ1) is 18.9. The molecule has 0 aliphatic carbocycles. The molecule has 3 heteroatoms. The minimum atomic E-state index is 0.531. The van der Waals surface area contributed by atoms with Gasteiger partial charge in [-0.25, -0.2) is 5.43 Å². The van der Waals surface area contributed by atoms with Gasteiger partial charge in [-0.05, 0) is 52.3 Å². The molecule has 0 aliphatic heterocycles. The molecule has 0 unspecified atom stereocenters. The maximum Gasteiger partial charge on any atom is 0.146 e. The van der Waals surface area contributed by atoms with Crippen molar-refractivity contribution in [1.29, 1.82) is 0 Å². The second kappa shape index (κ2) is 8.63. The highest BCUT2D eigenvalue weighted by molar-refractivity contribution is 5.85. The number of aldehydes is 1. The number of rotatable bonds is 7. The SMILES string of the molecule is CC/C(C=O)=C\c1ccc(-c2ccc(C(C)C)cc2)cc1N(C)NC. The first-order valence-electron chi connectivity index (χ1n) is 8.81. The van der Waals surface area contributed by atoms with Crippen LogP contribution < -0.4 is 10.4 Å². The summed E-state index contributed by atoms with van der Waals surface area (Å²) in [5, 5.41) is 1.97. The lowest BCUT2D eigenvalue weighted by molar-refractivity contribution is -0.104. The van der Waals surface area contributed by atoms with Crippen LogP contribution >= 0.6 is 0 Å². The standard InChI is InChI=1S/C22H28N2O/c1-6-17(15-25)13-21-12-11-20(14-22(21)24(5)23-4)19-9-7-18(8-10-19)16(2)3/h7-16,23H,6H2,1-5H3/b17-13+. The van der Waals surface area contributed by atoms with Crippen molar-refractivity contribution in [3.63, 3.8) is 0 Å². The summed E-state index contributed by atoms with van der Waals surface area (Å²) in [7, 11) is 3.86. The molecule has 132 valence electrons. The number of nitrogens with zero attached hydrogens (tertiary/aromatic N) is 1. The third-order valence-corrected chi connectivity index (χ3v) is 4.54. The molecule has 2 rings (SSSR count). The molecule has 0 radical (unpaired) electrons. The summed E-state index contributed by atoms with van der Waals surface area (Å²) in [5.41, 5.74) is 9.71. The third kappa shape index (κ3) is 4.58. The predicted octanol–water partition coefficient (Wildman–Crippen LogP) is 5.04. The fourth-order valence-corrected chi connectivity index (χ4v) is 2.74. The predicted molar refractivity (Wildman–Crippen MR) is 108 cm³/mol. The maximum atomic E-state index is 11.2. The van der Waals surface area contributed by atoms with Crippen LogP contribution in [0.5, 0.6) is 0 Å². The van der Waals surface area contributed by atoms with Gasteiger partial charge < -0.3 is 5.01 Å². The van der Waals surface area contributed by atoms with Gasteiger partial charge in [0.05, 0.1) is 5.69 Å². The summed E-state index contributed by atoms with van der Waals surface area (Å²) in [6.07, 6.45) is 3.62. The summed E-state index contributed by atoms with van der Waals surface area (Å²) in [6.45, 7) is 6.40. The highest BCUT2D eigenvalue weighted by Crippen LogP contribution is 2.30. The van der Waals surface area contributed by atoms with Crippen LogP contribution in [-0.2, 0) is 4.79 Å². The van der Waals surface area contributed by atoms with Crippen molar-refractivity contribution < 1.29 is 4.79 Å². The molecule has 0 atom stereocenters. The number of hydrazine groups is 1. The molecular weight excluding hydrogens is 308 g/mol. The van der Waals surface area contributed by atoms with Crippen LogP contribution in [0.1, 0.15) is 44.2 Å². The minimum absolute atomic E-state index is 0.531. The summed E-state index contributed by atoms with van der Waals surface area (Å²) in [5.74, 6) is 0.531. The molecule has 3 nitrogen and oxygen atoms in total. The van der Waals surface area contributed by atoms with Gasteiger partial charge in [0.2, 0.25) is 0 Å². The molecule has 2 aromatic rings. The van der Waals surface area contributed by atoms with Crippen molar-refractivity contribution in [3.8, 4) is 11.1 Å². The van der Waals surface area contributed by atoms with Gasteiger partial charge in [-0.1, -0.05) is 57.2 Å². The Bertz CT molecular complexity index is 745. The van der Waals surface area contributed by atoms with E-state index in [2.05, 4.69) is 61.7 Å². The van der Waals surface area contributed by atoms with Crippen LogP contribution in [0.3, 0.4) is 0 Å². The van der Waals surface area contributed by atoms with E-state index < -0.39 is 0 Å².